The van der Waals surface area contributed by atoms with E-state index in [0.717, 1.165) is 31.1 Å². The number of esters is 1. The molecule has 0 amide bonds. The second-order valence-corrected chi connectivity index (χ2v) is 12.0. The molecule has 0 heterocycles. The fraction of sp³-hybridized carbons (Fsp3) is 0.528. The summed E-state index contributed by atoms with van der Waals surface area (Å²) in [5.74, 6) is 1.66. The third-order valence-electron chi connectivity index (χ3n) is 9.22. The van der Waals surface area contributed by atoms with Crippen LogP contribution in [0.4, 0.5) is 0 Å². The highest BCUT2D eigenvalue weighted by molar-refractivity contribution is 5.86. The first kappa shape index (κ1) is 29.3. The normalized spacial score (nSPS) is 22.1. The molecule has 2 aromatic rings. The van der Waals surface area contributed by atoms with Gasteiger partial charge in [0.05, 0.1) is 6.61 Å². The maximum absolute atomic E-state index is 11.8. The summed E-state index contributed by atoms with van der Waals surface area (Å²) < 4.78 is 5.35. The van der Waals surface area contributed by atoms with Crippen molar-refractivity contribution in [1.82, 2.24) is 0 Å². The van der Waals surface area contributed by atoms with Crippen molar-refractivity contribution in [3.63, 3.8) is 0 Å². The molecule has 2 aliphatic carbocycles. The van der Waals surface area contributed by atoms with Gasteiger partial charge < -0.3 is 9.84 Å². The zero-order chi connectivity index (χ0) is 27.6. The second kappa shape index (κ2) is 14.7. The van der Waals surface area contributed by atoms with Gasteiger partial charge in [-0.2, -0.15) is 0 Å². The van der Waals surface area contributed by atoms with Crippen LogP contribution in [0.1, 0.15) is 89.2 Å². The van der Waals surface area contributed by atoms with Crippen molar-refractivity contribution >= 4 is 11.5 Å². The zero-order valence-electron chi connectivity index (χ0n) is 24.2. The SMILES string of the molecule is C=C(C)C(=O)OCC(CO)C1CCC(C2CC=C(c3ccc(-c4ccc(CCCCC)cc4)cc3)CC2)CC1. The van der Waals surface area contributed by atoms with Gasteiger partial charge in [-0.05, 0) is 110 Å². The first-order valence-corrected chi connectivity index (χ1v) is 15.3. The summed E-state index contributed by atoms with van der Waals surface area (Å²) in [6, 6.07) is 18.3. The van der Waals surface area contributed by atoms with E-state index in [0.29, 0.717) is 18.1 Å². The van der Waals surface area contributed by atoms with Crippen molar-refractivity contribution in [2.45, 2.75) is 84.5 Å². The molecule has 210 valence electrons. The number of carbonyl (C=O) groups excluding carboxylic acids is 1. The quantitative estimate of drug-likeness (QED) is 0.170. The Labute approximate surface area is 236 Å². The lowest BCUT2D eigenvalue weighted by atomic mass is 9.69. The molecule has 0 radical (unpaired) electrons. The van der Waals surface area contributed by atoms with E-state index < -0.39 is 0 Å². The van der Waals surface area contributed by atoms with E-state index in [9.17, 15) is 9.90 Å². The van der Waals surface area contributed by atoms with Crippen LogP contribution < -0.4 is 0 Å². The average molecular weight is 529 g/mol. The van der Waals surface area contributed by atoms with Crippen LogP contribution in [-0.2, 0) is 16.0 Å². The molecule has 1 N–H and O–H groups in total. The number of hydrogen-bond acceptors (Lipinski definition) is 3. The molecule has 2 aromatic carbocycles. The molecular weight excluding hydrogens is 480 g/mol. The van der Waals surface area contributed by atoms with E-state index in [1.807, 2.05) is 0 Å². The van der Waals surface area contributed by atoms with Crippen LogP contribution >= 0.6 is 0 Å². The van der Waals surface area contributed by atoms with Crippen LogP contribution in [-0.4, -0.2) is 24.3 Å². The van der Waals surface area contributed by atoms with E-state index in [2.05, 4.69) is 68.1 Å². The summed E-state index contributed by atoms with van der Waals surface area (Å²) in [6.07, 6.45) is 15.8. The maximum atomic E-state index is 11.8. The van der Waals surface area contributed by atoms with Gasteiger partial charge in [-0.1, -0.05) is 81.0 Å². The molecule has 1 fully saturated rings. The van der Waals surface area contributed by atoms with Crippen molar-refractivity contribution in [3.05, 3.63) is 77.9 Å². The highest BCUT2D eigenvalue weighted by Gasteiger charge is 2.32. The third-order valence-corrected chi connectivity index (χ3v) is 9.22. The van der Waals surface area contributed by atoms with Crippen LogP contribution in [0.5, 0.6) is 0 Å². The molecule has 0 saturated heterocycles. The molecule has 0 bridgehead atoms. The van der Waals surface area contributed by atoms with Gasteiger partial charge >= 0.3 is 5.97 Å². The molecule has 2 unspecified atom stereocenters. The number of benzene rings is 2. The fourth-order valence-electron chi connectivity index (χ4n) is 6.60. The average Bonchev–Trinajstić information content (AvgIpc) is 2.98. The smallest absolute Gasteiger partial charge is 0.333 e. The molecule has 2 aliphatic rings. The molecule has 0 spiro atoms. The lowest BCUT2D eigenvalue weighted by Gasteiger charge is -2.37. The number of carbonyl (C=O) groups is 1. The Kier molecular flexibility index (Phi) is 11.0. The lowest BCUT2D eigenvalue weighted by molar-refractivity contribution is -0.141. The number of rotatable bonds is 12. The van der Waals surface area contributed by atoms with Crippen molar-refractivity contribution in [1.29, 1.82) is 0 Å². The van der Waals surface area contributed by atoms with Crippen molar-refractivity contribution < 1.29 is 14.6 Å². The Hall–Kier alpha value is -2.65. The third kappa shape index (κ3) is 8.18. The topological polar surface area (TPSA) is 46.5 Å². The van der Waals surface area contributed by atoms with Gasteiger partial charge in [-0.15, -0.1) is 0 Å². The van der Waals surface area contributed by atoms with Gasteiger partial charge in [0.2, 0.25) is 0 Å². The first-order valence-electron chi connectivity index (χ1n) is 15.3. The summed E-state index contributed by atoms with van der Waals surface area (Å²) in [7, 11) is 0. The summed E-state index contributed by atoms with van der Waals surface area (Å²) in [5, 5.41) is 9.89. The standard InChI is InChI=1S/C36H48O3/c1-4-5-6-7-27-8-10-28(11-9-27)29-12-14-30(15-13-29)31-16-18-32(19-17-31)33-20-22-34(23-21-33)35(24-37)25-39-36(38)26(2)3/h8-16,32-35,37H,2,4-7,17-25H2,1,3H3. The Morgan fingerprint density at radius 2 is 1.56 bits per heavy atom. The van der Waals surface area contributed by atoms with E-state index in [1.165, 1.54) is 79.2 Å². The van der Waals surface area contributed by atoms with Gasteiger partial charge in [-0.3, -0.25) is 0 Å². The number of aliphatic hydroxyl groups is 1. The maximum Gasteiger partial charge on any atom is 0.333 e. The largest absolute Gasteiger partial charge is 0.462 e. The Balaban J connectivity index is 1.25. The summed E-state index contributed by atoms with van der Waals surface area (Å²) in [4.78, 5) is 11.8. The number of aryl methyl sites for hydroxylation is 1. The Bertz CT molecular complexity index is 1090. The fourth-order valence-corrected chi connectivity index (χ4v) is 6.60. The molecule has 1 saturated carbocycles. The van der Waals surface area contributed by atoms with Gasteiger partial charge in [0.15, 0.2) is 0 Å². The van der Waals surface area contributed by atoms with Crippen LogP contribution in [0.2, 0.25) is 0 Å². The van der Waals surface area contributed by atoms with Crippen molar-refractivity contribution in [2.24, 2.45) is 23.7 Å². The Morgan fingerprint density at radius 1 is 0.923 bits per heavy atom. The second-order valence-electron chi connectivity index (χ2n) is 12.0. The number of hydrogen-bond donors (Lipinski definition) is 1. The lowest BCUT2D eigenvalue weighted by Crippen LogP contribution is -2.31. The highest BCUT2D eigenvalue weighted by Crippen LogP contribution is 2.43. The van der Waals surface area contributed by atoms with Crippen LogP contribution in [0, 0.1) is 23.7 Å². The highest BCUT2D eigenvalue weighted by atomic mass is 16.5. The number of unbranched alkanes of at least 4 members (excludes halogenated alkanes) is 2. The van der Waals surface area contributed by atoms with Gasteiger partial charge in [-0.25, -0.2) is 4.79 Å². The van der Waals surface area contributed by atoms with Gasteiger partial charge in [0.1, 0.15) is 0 Å². The molecule has 0 aliphatic heterocycles. The van der Waals surface area contributed by atoms with Crippen LogP contribution in [0.25, 0.3) is 16.7 Å². The van der Waals surface area contributed by atoms with Crippen LogP contribution in [0.3, 0.4) is 0 Å². The van der Waals surface area contributed by atoms with E-state index in [1.54, 1.807) is 6.92 Å². The molecule has 0 aromatic heterocycles. The minimum atomic E-state index is -0.353. The zero-order valence-corrected chi connectivity index (χ0v) is 24.2. The van der Waals surface area contributed by atoms with E-state index >= 15 is 0 Å². The van der Waals surface area contributed by atoms with E-state index in [-0.39, 0.29) is 18.5 Å². The molecular formula is C36H48O3. The van der Waals surface area contributed by atoms with E-state index in [4.69, 9.17) is 4.74 Å². The minimum absolute atomic E-state index is 0.0406. The molecule has 3 nitrogen and oxygen atoms in total. The molecule has 3 heteroatoms. The Morgan fingerprint density at radius 3 is 2.13 bits per heavy atom. The van der Waals surface area contributed by atoms with Crippen molar-refractivity contribution in [2.75, 3.05) is 13.2 Å². The summed E-state index contributed by atoms with van der Waals surface area (Å²) in [5.41, 5.74) is 7.31. The summed E-state index contributed by atoms with van der Waals surface area (Å²) in [6.45, 7) is 7.94. The van der Waals surface area contributed by atoms with Gasteiger partial charge in [0, 0.05) is 18.1 Å². The predicted octanol–water partition coefficient (Wildman–Crippen LogP) is 8.80. The van der Waals surface area contributed by atoms with Crippen LogP contribution in [0.15, 0.2) is 66.8 Å². The number of ether oxygens (including phenoxy) is 1. The monoisotopic (exact) mass is 528 g/mol. The first-order chi connectivity index (χ1) is 19.0. The number of allylic oxidation sites excluding steroid dienone is 2. The minimum Gasteiger partial charge on any atom is -0.462 e. The molecule has 4 rings (SSSR count). The predicted molar refractivity (Wildman–Crippen MR) is 162 cm³/mol. The number of aliphatic hydroxyl groups excluding tert-OH is 1. The molecule has 2 atom stereocenters. The molecule has 39 heavy (non-hydrogen) atoms. The summed E-state index contributed by atoms with van der Waals surface area (Å²) >= 11 is 0. The van der Waals surface area contributed by atoms with Crippen molar-refractivity contribution in [3.8, 4) is 11.1 Å². The van der Waals surface area contributed by atoms with Gasteiger partial charge in [0.25, 0.3) is 0 Å².